The van der Waals surface area contributed by atoms with E-state index in [2.05, 4.69) is 15.9 Å². The Morgan fingerprint density at radius 3 is 2.57 bits per heavy atom. The molecule has 0 radical (unpaired) electrons. The predicted molar refractivity (Wildman–Crippen MR) is 108 cm³/mol. The Morgan fingerprint density at radius 2 is 1.87 bits per heavy atom. The number of halogens is 1. The molecule has 0 atom stereocenters. The number of carbonyl (C=O) groups is 1. The number of hydrogen-bond donors (Lipinski definition) is 2. The lowest BCUT2D eigenvalue weighted by molar-refractivity contribution is -0.387. The van der Waals surface area contributed by atoms with Crippen molar-refractivity contribution in [1.29, 1.82) is 0 Å². The number of carbonyl (C=O) groups excluding carboxylic acids is 1. The number of amides is 1. The number of para-hydroxylation sites is 1. The summed E-state index contributed by atoms with van der Waals surface area (Å²) in [7, 11) is -4.41. The van der Waals surface area contributed by atoms with Crippen LogP contribution in [-0.4, -0.2) is 19.2 Å². The molecule has 0 aliphatic carbocycles. The zero-order valence-corrected chi connectivity index (χ0v) is 17.5. The number of hydrazine groups is 1. The number of sulfonamides is 1. The van der Waals surface area contributed by atoms with Crippen molar-refractivity contribution in [3.05, 3.63) is 86.8 Å². The van der Waals surface area contributed by atoms with Gasteiger partial charge in [-0.25, -0.2) is 8.42 Å². The zero-order chi connectivity index (χ0) is 21.7. The maximum Gasteiger partial charge on any atom is 0.301 e. The second-order valence-corrected chi connectivity index (χ2v) is 8.36. The van der Waals surface area contributed by atoms with E-state index in [1.165, 1.54) is 18.2 Å². The van der Waals surface area contributed by atoms with Crippen molar-refractivity contribution >= 4 is 37.5 Å². The van der Waals surface area contributed by atoms with Crippen LogP contribution in [0.2, 0.25) is 0 Å². The molecule has 0 fully saturated rings. The highest BCUT2D eigenvalue weighted by molar-refractivity contribution is 9.10. The van der Waals surface area contributed by atoms with Crippen molar-refractivity contribution in [3.8, 4) is 5.75 Å². The van der Waals surface area contributed by atoms with E-state index in [1.54, 1.807) is 24.3 Å². The van der Waals surface area contributed by atoms with E-state index in [0.717, 1.165) is 12.1 Å². The Morgan fingerprint density at radius 1 is 1.13 bits per heavy atom. The monoisotopic (exact) mass is 495 g/mol. The van der Waals surface area contributed by atoms with Crippen LogP contribution in [0.4, 0.5) is 5.69 Å². The van der Waals surface area contributed by atoms with Gasteiger partial charge in [0.2, 0.25) is 0 Å². The molecule has 1 heterocycles. The van der Waals surface area contributed by atoms with E-state index in [1.807, 2.05) is 16.3 Å². The van der Waals surface area contributed by atoms with Crippen LogP contribution in [0.15, 0.2) is 74.4 Å². The molecule has 0 saturated heterocycles. The van der Waals surface area contributed by atoms with Crippen LogP contribution in [0, 0.1) is 10.1 Å². The van der Waals surface area contributed by atoms with Crippen LogP contribution < -0.4 is 15.0 Å². The topological polar surface area (TPSA) is 141 Å². The fourth-order valence-corrected chi connectivity index (χ4v) is 3.68. The molecule has 0 spiro atoms. The van der Waals surface area contributed by atoms with E-state index in [9.17, 15) is 23.3 Å². The Kier molecular flexibility index (Phi) is 6.50. The summed E-state index contributed by atoms with van der Waals surface area (Å²) in [6.45, 7) is 0.0636. The number of nitro groups is 1. The van der Waals surface area contributed by atoms with Crippen molar-refractivity contribution in [2.45, 2.75) is 11.5 Å². The lowest BCUT2D eigenvalue weighted by Gasteiger charge is -2.08. The van der Waals surface area contributed by atoms with Crippen molar-refractivity contribution in [3.63, 3.8) is 0 Å². The third-order valence-electron chi connectivity index (χ3n) is 3.72. The van der Waals surface area contributed by atoms with E-state index < -0.39 is 31.4 Å². The van der Waals surface area contributed by atoms with E-state index in [4.69, 9.17) is 9.15 Å². The second-order valence-electron chi connectivity index (χ2n) is 5.80. The molecule has 0 aliphatic heterocycles. The van der Waals surface area contributed by atoms with Gasteiger partial charge >= 0.3 is 5.91 Å². The minimum absolute atomic E-state index is 0.0636. The highest BCUT2D eigenvalue weighted by Crippen LogP contribution is 2.27. The van der Waals surface area contributed by atoms with Crippen LogP contribution in [0.3, 0.4) is 0 Å². The average Bonchev–Trinajstić information content (AvgIpc) is 3.20. The van der Waals surface area contributed by atoms with Gasteiger partial charge in [-0.3, -0.25) is 20.3 Å². The molecular weight excluding hydrogens is 482 g/mol. The van der Waals surface area contributed by atoms with E-state index >= 15 is 0 Å². The lowest BCUT2D eigenvalue weighted by atomic mass is 10.3. The minimum atomic E-state index is -4.41. The summed E-state index contributed by atoms with van der Waals surface area (Å²) < 4.78 is 35.9. The number of benzene rings is 2. The number of rotatable bonds is 8. The molecule has 2 N–H and O–H groups in total. The van der Waals surface area contributed by atoms with Crippen molar-refractivity contribution in [2.24, 2.45) is 0 Å². The smallest absolute Gasteiger partial charge is 0.301 e. The van der Waals surface area contributed by atoms with E-state index in [0.29, 0.717) is 16.0 Å². The van der Waals surface area contributed by atoms with Gasteiger partial charge in [0.1, 0.15) is 18.1 Å². The molecule has 0 unspecified atom stereocenters. The first-order valence-electron chi connectivity index (χ1n) is 8.29. The van der Waals surface area contributed by atoms with Crippen LogP contribution in [-0.2, 0) is 16.6 Å². The fraction of sp³-hybridized carbons (Fsp3) is 0.0556. The summed E-state index contributed by atoms with van der Waals surface area (Å²) in [6, 6.07) is 15.2. The molecule has 0 bridgehead atoms. The summed E-state index contributed by atoms with van der Waals surface area (Å²) in [4.78, 5) is 23.7. The number of hydrogen-bond acceptors (Lipinski definition) is 7. The Bertz CT molecular complexity index is 1180. The number of furan rings is 1. The third kappa shape index (κ3) is 5.23. The lowest BCUT2D eigenvalue weighted by Crippen LogP contribution is -2.41. The van der Waals surface area contributed by atoms with Crippen LogP contribution >= 0.6 is 15.9 Å². The highest BCUT2D eigenvalue weighted by atomic mass is 79.9. The SMILES string of the molecule is O=C(NNS(=O)(=O)c1ccc(Br)cc1[N+](=O)[O-])c1ccc(COc2ccccc2)o1. The van der Waals surface area contributed by atoms with Gasteiger partial charge in [-0.05, 0) is 36.4 Å². The molecule has 2 aromatic carbocycles. The molecular formula is C18H14BrN3O7S. The molecule has 0 aliphatic rings. The summed E-state index contributed by atoms with van der Waals surface area (Å²) in [5.41, 5.74) is 1.31. The Hall–Kier alpha value is -3.22. The molecule has 3 rings (SSSR count). The van der Waals surface area contributed by atoms with Gasteiger partial charge in [-0.15, -0.1) is 4.83 Å². The third-order valence-corrected chi connectivity index (χ3v) is 5.50. The quantitative estimate of drug-likeness (QED) is 0.361. The Labute approximate surface area is 179 Å². The van der Waals surface area contributed by atoms with Crippen LogP contribution in [0.1, 0.15) is 16.3 Å². The number of nitro benzene ring substituents is 1. The largest absolute Gasteiger partial charge is 0.486 e. The Balaban J connectivity index is 1.64. The summed E-state index contributed by atoms with van der Waals surface area (Å²) in [5, 5.41) is 11.1. The van der Waals surface area contributed by atoms with Gasteiger partial charge in [0.25, 0.3) is 15.7 Å². The van der Waals surface area contributed by atoms with Crippen molar-refractivity contribution in [2.75, 3.05) is 0 Å². The average molecular weight is 496 g/mol. The molecule has 12 heteroatoms. The normalized spacial score (nSPS) is 11.1. The molecule has 1 aromatic heterocycles. The zero-order valence-electron chi connectivity index (χ0n) is 15.1. The number of ether oxygens (including phenoxy) is 1. The predicted octanol–water partition coefficient (Wildman–Crippen LogP) is 3.15. The first-order valence-corrected chi connectivity index (χ1v) is 10.6. The van der Waals surface area contributed by atoms with Crippen molar-refractivity contribution in [1.82, 2.24) is 10.3 Å². The van der Waals surface area contributed by atoms with Gasteiger partial charge < -0.3 is 9.15 Å². The maximum absolute atomic E-state index is 12.4. The maximum atomic E-state index is 12.4. The molecule has 30 heavy (non-hydrogen) atoms. The molecule has 3 aromatic rings. The van der Waals surface area contributed by atoms with Crippen LogP contribution in [0.5, 0.6) is 5.75 Å². The molecule has 10 nitrogen and oxygen atoms in total. The fourth-order valence-electron chi connectivity index (χ4n) is 2.34. The van der Waals surface area contributed by atoms with E-state index in [-0.39, 0.29) is 12.4 Å². The molecule has 0 saturated carbocycles. The summed E-state index contributed by atoms with van der Waals surface area (Å²) in [6.07, 6.45) is 0. The highest BCUT2D eigenvalue weighted by Gasteiger charge is 2.27. The van der Waals surface area contributed by atoms with Gasteiger partial charge in [0, 0.05) is 10.5 Å². The van der Waals surface area contributed by atoms with Gasteiger partial charge in [0.15, 0.2) is 10.7 Å². The van der Waals surface area contributed by atoms with Gasteiger partial charge in [0.05, 0.1) is 4.92 Å². The summed E-state index contributed by atoms with van der Waals surface area (Å²) >= 11 is 3.04. The number of nitrogens with zero attached hydrogens (tertiary/aromatic N) is 1. The first kappa shape index (κ1) is 21.5. The van der Waals surface area contributed by atoms with Crippen LogP contribution in [0.25, 0.3) is 0 Å². The van der Waals surface area contributed by atoms with Gasteiger partial charge in [-0.2, -0.15) is 0 Å². The summed E-state index contributed by atoms with van der Waals surface area (Å²) in [5.74, 6) is -0.0990. The van der Waals surface area contributed by atoms with Gasteiger partial charge in [-0.1, -0.05) is 34.1 Å². The first-order chi connectivity index (χ1) is 14.3. The standard InChI is InChI=1S/C18H14BrN3O7S/c19-12-6-9-17(15(10-12)22(24)25)30(26,27)21-20-18(23)16-8-7-14(29-16)11-28-13-4-2-1-3-5-13/h1-10,21H,11H2,(H,20,23). The minimum Gasteiger partial charge on any atom is -0.486 e. The number of nitrogens with one attached hydrogen (secondary N) is 2. The second kappa shape index (κ2) is 9.07. The van der Waals surface area contributed by atoms with Crippen molar-refractivity contribution < 1.29 is 27.3 Å². The molecule has 1 amide bonds. The molecule has 156 valence electrons.